The van der Waals surface area contributed by atoms with Gasteiger partial charge in [-0.05, 0) is 72.1 Å². The van der Waals surface area contributed by atoms with Gasteiger partial charge < -0.3 is 16.0 Å². The average Bonchev–Trinajstić information content (AvgIpc) is 2.72. The number of halogens is 1. The van der Waals surface area contributed by atoms with Crippen molar-refractivity contribution in [3.63, 3.8) is 0 Å². The highest BCUT2D eigenvalue weighted by Gasteiger charge is 2.19. The Hall–Kier alpha value is -3.44. The fourth-order valence-electron chi connectivity index (χ4n) is 3.11. The van der Waals surface area contributed by atoms with E-state index in [1.807, 2.05) is 20.8 Å². The van der Waals surface area contributed by atoms with E-state index in [9.17, 15) is 4.79 Å². The van der Waals surface area contributed by atoms with E-state index in [4.69, 9.17) is 5.26 Å². The molecular formula is C22H21BrN6O. The lowest BCUT2D eigenvalue weighted by Gasteiger charge is -2.17. The number of hydrogen-bond acceptors (Lipinski definition) is 6. The number of amides is 1. The number of nitriles is 1. The predicted octanol–water partition coefficient (Wildman–Crippen LogP) is 4.88. The van der Waals surface area contributed by atoms with E-state index in [1.54, 1.807) is 31.3 Å². The number of rotatable bonds is 5. The van der Waals surface area contributed by atoms with Crippen LogP contribution in [0, 0.1) is 32.1 Å². The Balaban J connectivity index is 2.04. The van der Waals surface area contributed by atoms with Crippen LogP contribution in [0.4, 0.5) is 23.1 Å². The van der Waals surface area contributed by atoms with Crippen molar-refractivity contribution in [1.82, 2.24) is 15.3 Å². The highest BCUT2D eigenvalue weighted by molar-refractivity contribution is 9.10. The van der Waals surface area contributed by atoms with E-state index in [2.05, 4.69) is 60.1 Å². The fourth-order valence-corrected chi connectivity index (χ4v) is 3.56. The first-order chi connectivity index (χ1) is 14.3. The van der Waals surface area contributed by atoms with Gasteiger partial charge in [0.25, 0.3) is 5.91 Å². The molecule has 7 nitrogen and oxygen atoms in total. The summed E-state index contributed by atoms with van der Waals surface area (Å²) in [4.78, 5) is 21.3. The van der Waals surface area contributed by atoms with Crippen LogP contribution in [0.3, 0.4) is 0 Å². The summed E-state index contributed by atoms with van der Waals surface area (Å²) in [7, 11) is 1.55. The molecule has 3 aromatic rings. The van der Waals surface area contributed by atoms with Crippen molar-refractivity contribution in [3.05, 3.63) is 68.8 Å². The van der Waals surface area contributed by atoms with Crippen molar-refractivity contribution in [1.29, 1.82) is 5.26 Å². The fraction of sp³-hybridized carbons (Fsp3) is 0.182. The van der Waals surface area contributed by atoms with Crippen LogP contribution in [0.2, 0.25) is 0 Å². The van der Waals surface area contributed by atoms with Gasteiger partial charge in [-0.15, -0.1) is 0 Å². The highest BCUT2D eigenvalue weighted by atomic mass is 79.9. The number of aromatic nitrogens is 2. The first-order valence-electron chi connectivity index (χ1n) is 9.24. The summed E-state index contributed by atoms with van der Waals surface area (Å²) in [5.74, 6) is 0.383. The Morgan fingerprint density at radius 1 is 1.03 bits per heavy atom. The van der Waals surface area contributed by atoms with Crippen molar-refractivity contribution < 1.29 is 4.79 Å². The summed E-state index contributed by atoms with van der Waals surface area (Å²) in [5, 5.41) is 18.0. The summed E-state index contributed by atoms with van der Waals surface area (Å²) in [5.41, 5.74) is 5.69. The van der Waals surface area contributed by atoms with Gasteiger partial charge in [0.15, 0.2) is 5.82 Å². The maximum atomic E-state index is 12.4. The van der Waals surface area contributed by atoms with Gasteiger partial charge in [0, 0.05) is 18.4 Å². The second-order valence-electron chi connectivity index (χ2n) is 6.85. The Morgan fingerprint density at radius 3 is 2.23 bits per heavy atom. The predicted molar refractivity (Wildman–Crippen MR) is 121 cm³/mol. The minimum Gasteiger partial charge on any atom is -0.354 e. The summed E-state index contributed by atoms with van der Waals surface area (Å²) < 4.78 is 0.464. The molecule has 0 atom stereocenters. The number of aryl methyl sites for hydroxylation is 3. The molecule has 8 heteroatoms. The van der Waals surface area contributed by atoms with Gasteiger partial charge in [-0.2, -0.15) is 10.2 Å². The van der Waals surface area contributed by atoms with Crippen LogP contribution >= 0.6 is 15.9 Å². The van der Waals surface area contributed by atoms with Crippen molar-refractivity contribution in [2.45, 2.75) is 20.8 Å². The van der Waals surface area contributed by atoms with Gasteiger partial charge in [0.1, 0.15) is 5.69 Å². The lowest BCUT2D eigenvalue weighted by molar-refractivity contribution is 0.0957. The molecule has 0 saturated heterocycles. The largest absolute Gasteiger partial charge is 0.354 e. The zero-order valence-electron chi connectivity index (χ0n) is 17.1. The van der Waals surface area contributed by atoms with Gasteiger partial charge in [-0.3, -0.25) is 4.79 Å². The Bertz CT molecular complexity index is 1130. The van der Waals surface area contributed by atoms with Crippen LogP contribution in [0.1, 0.15) is 32.7 Å². The molecule has 0 aliphatic carbocycles. The molecule has 152 valence electrons. The molecule has 0 aliphatic rings. The molecule has 0 bridgehead atoms. The maximum absolute atomic E-state index is 12.4. The molecule has 1 aromatic heterocycles. The third-order valence-electron chi connectivity index (χ3n) is 4.48. The molecule has 1 amide bonds. The van der Waals surface area contributed by atoms with Gasteiger partial charge in [0.05, 0.1) is 16.1 Å². The first-order valence-corrected chi connectivity index (χ1v) is 10.0. The van der Waals surface area contributed by atoms with Gasteiger partial charge in [-0.25, -0.2) is 4.98 Å². The molecule has 0 unspecified atom stereocenters. The third-order valence-corrected chi connectivity index (χ3v) is 5.24. The summed E-state index contributed by atoms with van der Waals surface area (Å²) >= 11 is 3.47. The number of benzene rings is 2. The van der Waals surface area contributed by atoms with Gasteiger partial charge >= 0.3 is 0 Å². The normalized spacial score (nSPS) is 10.3. The second-order valence-corrected chi connectivity index (χ2v) is 7.64. The van der Waals surface area contributed by atoms with Gasteiger partial charge in [0.2, 0.25) is 5.95 Å². The quantitative estimate of drug-likeness (QED) is 0.496. The third kappa shape index (κ3) is 4.58. The van der Waals surface area contributed by atoms with Crippen LogP contribution in [-0.2, 0) is 0 Å². The van der Waals surface area contributed by atoms with Crippen molar-refractivity contribution in [2.24, 2.45) is 0 Å². The van der Waals surface area contributed by atoms with Crippen molar-refractivity contribution in [2.75, 3.05) is 17.7 Å². The van der Waals surface area contributed by atoms with E-state index in [-0.39, 0.29) is 17.5 Å². The first kappa shape index (κ1) is 21.3. The smallest absolute Gasteiger partial charge is 0.271 e. The minimum absolute atomic E-state index is 0.202. The number of carbonyl (C=O) groups is 1. The van der Waals surface area contributed by atoms with E-state index in [0.717, 1.165) is 16.8 Å². The zero-order chi connectivity index (χ0) is 21.8. The molecule has 0 radical (unpaired) electrons. The molecule has 3 rings (SSSR count). The maximum Gasteiger partial charge on any atom is 0.271 e. The van der Waals surface area contributed by atoms with Crippen molar-refractivity contribution >= 4 is 45.0 Å². The molecule has 30 heavy (non-hydrogen) atoms. The van der Waals surface area contributed by atoms with E-state index in [1.165, 1.54) is 5.56 Å². The van der Waals surface area contributed by atoms with Crippen LogP contribution in [0.25, 0.3) is 0 Å². The molecule has 1 heterocycles. The summed E-state index contributed by atoms with van der Waals surface area (Å²) in [6.07, 6.45) is 0. The summed E-state index contributed by atoms with van der Waals surface area (Å²) in [6.45, 7) is 6.09. The standard InChI is InChI=1S/C22H21BrN6O/c1-12-9-13(2)18(14(3)10-12)27-20-17(23)19(21(30)25-4)28-22(29-20)26-16-7-5-15(11-24)6-8-16/h5-10H,1-4H3,(H,25,30)(H2,26,27,28,29). The summed E-state index contributed by atoms with van der Waals surface area (Å²) in [6, 6.07) is 13.1. The molecule has 0 saturated carbocycles. The lowest BCUT2D eigenvalue weighted by Crippen LogP contribution is -2.21. The SMILES string of the molecule is CNC(=O)c1nc(Nc2ccc(C#N)cc2)nc(Nc2c(C)cc(C)cc2C)c1Br. The monoisotopic (exact) mass is 464 g/mol. The number of nitrogens with zero attached hydrogens (tertiary/aromatic N) is 3. The van der Waals surface area contributed by atoms with Crippen molar-refractivity contribution in [3.8, 4) is 6.07 Å². The zero-order valence-corrected chi connectivity index (χ0v) is 18.7. The van der Waals surface area contributed by atoms with Crippen LogP contribution in [0.15, 0.2) is 40.9 Å². The lowest BCUT2D eigenvalue weighted by atomic mass is 10.1. The Morgan fingerprint density at radius 2 is 1.67 bits per heavy atom. The molecule has 0 spiro atoms. The average molecular weight is 465 g/mol. The van der Waals surface area contributed by atoms with Crippen LogP contribution < -0.4 is 16.0 Å². The molecule has 3 N–H and O–H groups in total. The molecule has 0 fully saturated rings. The molecule has 0 aliphatic heterocycles. The minimum atomic E-state index is -0.340. The van der Waals surface area contributed by atoms with E-state index in [0.29, 0.717) is 21.5 Å². The second kappa shape index (κ2) is 8.93. The van der Waals surface area contributed by atoms with Crippen LogP contribution in [0.5, 0.6) is 0 Å². The number of anilines is 4. The number of nitrogens with one attached hydrogen (secondary N) is 3. The highest BCUT2D eigenvalue weighted by Crippen LogP contribution is 2.32. The van der Waals surface area contributed by atoms with Gasteiger partial charge in [-0.1, -0.05) is 17.7 Å². The van der Waals surface area contributed by atoms with E-state index < -0.39 is 0 Å². The molecular weight excluding hydrogens is 444 g/mol. The van der Waals surface area contributed by atoms with Crippen LogP contribution in [-0.4, -0.2) is 22.9 Å². The molecule has 2 aromatic carbocycles. The number of hydrogen-bond donors (Lipinski definition) is 3. The topological polar surface area (TPSA) is 103 Å². The number of carbonyl (C=O) groups excluding carboxylic acids is 1. The van der Waals surface area contributed by atoms with E-state index >= 15 is 0 Å². The Kier molecular flexibility index (Phi) is 6.33. The Labute approximate surface area is 183 Å².